The van der Waals surface area contributed by atoms with Crippen molar-refractivity contribution in [2.24, 2.45) is 5.92 Å². The van der Waals surface area contributed by atoms with E-state index in [0.29, 0.717) is 17.7 Å². The number of Topliss-reactive ketones (excluding diaryl/α,β-unsaturated/α-hetero) is 1. The zero-order valence-corrected chi connectivity index (χ0v) is 12.7. The van der Waals surface area contributed by atoms with Gasteiger partial charge in [-0.1, -0.05) is 68.3 Å². The average Bonchev–Trinajstić information content (AvgIpc) is 2.56. The van der Waals surface area contributed by atoms with E-state index in [2.05, 4.69) is 0 Å². The Bertz CT molecular complexity index is 605. The van der Waals surface area contributed by atoms with Crippen LogP contribution < -0.4 is 4.74 Å². The lowest BCUT2D eigenvalue weighted by Gasteiger charge is -2.14. The van der Waals surface area contributed by atoms with Gasteiger partial charge in [-0.3, -0.25) is 9.59 Å². The molecule has 2 rings (SSSR count). The molecular formula is C19H20O3. The summed E-state index contributed by atoms with van der Waals surface area (Å²) < 4.78 is 5.36. The Labute approximate surface area is 130 Å². The minimum Gasteiger partial charge on any atom is -0.426 e. The third kappa shape index (κ3) is 4.29. The maximum absolute atomic E-state index is 12.6. The highest BCUT2D eigenvalue weighted by Crippen LogP contribution is 2.19. The normalized spacial score (nSPS) is 11.7. The molecule has 1 atom stereocenters. The molecule has 0 N–H and O–H groups in total. The fraction of sp³-hybridized carbons (Fsp3) is 0.263. The fourth-order valence-corrected chi connectivity index (χ4v) is 2.24. The van der Waals surface area contributed by atoms with E-state index < -0.39 is 11.9 Å². The van der Waals surface area contributed by atoms with Crippen LogP contribution in [0.3, 0.4) is 0 Å². The number of para-hydroxylation sites is 1. The molecule has 0 spiro atoms. The summed E-state index contributed by atoms with van der Waals surface area (Å²) in [4.78, 5) is 25.0. The van der Waals surface area contributed by atoms with E-state index in [1.807, 2.05) is 19.1 Å². The molecule has 3 nitrogen and oxygen atoms in total. The summed E-state index contributed by atoms with van der Waals surface area (Å²) in [5.74, 6) is -0.930. The molecule has 0 radical (unpaired) electrons. The number of carbonyl (C=O) groups excluding carboxylic acids is 2. The van der Waals surface area contributed by atoms with Gasteiger partial charge in [0.2, 0.25) is 0 Å². The maximum Gasteiger partial charge on any atom is 0.322 e. The minimum absolute atomic E-state index is 0.171. The number of ketones is 1. The number of rotatable bonds is 7. The quantitative estimate of drug-likeness (QED) is 0.331. The van der Waals surface area contributed by atoms with E-state index in [0.717, 1.165) is 12.8 Å². The second-order valence-electron chi connectivity index (χ2n) is 5.16. The topological polar surface area (TPSA) is 43.4 Å². The first-order chi connectivity index (χ1) is 10.7. The molecule has 22 heavy (non-hydrogen) atoms. The molecule has 114 valence electrons. The zero-order valence-electron chi connectivity index (χ0n) is 12.7. The van der Waals surface area contributed by atoms with Crippen LogP contribution in [-0.4, -0.2) is 11.8 Å². The highest BCUT2D eigenvalue weighted by Gasteiger charge is 2.28. The van der Waals surface area contributed by atoms with Gasteiger partial charge in [0.25, 0.3) is 0 Å². The van der Waals surface area contributed by atoms with E-state index in [9.17, 15) is 9.59 Å². The summed E-state index contributed by atoms with van der Waals surface area (Å²) in [5.41, 5.74) is 0.550. The van der Waals surface area contributed by atoms with Crippen LogP contribution in [0.25, 0.3) is 0 Å². The third-order valence-corrected chi connectivity index (χ3v) is 3.47. The van der Waals surface area contributed by atoms with Crippen LogP contribution in [0.4, 0.5) is 0 Å². The molecule has 0 heterocycles. The SMILES string of the molecule is CCCCC(C(=O)Oc1ccccc1)C(=O)c1ccccc1. The van der Waals surface area contributed by atoms with Gasteiger partial charge in [0.15, 0.2) is 5.78 Å². The van der Waals surface area contributed by atoms with E-state index in [-0.39, 0.29) is 5.78 Å². The van der Waals surface area contributed by atoms with Gasteiger partial charge in [-0.15, -0.1) is 0 Å². The average molecular weight is 296 g/mol. The molecule has 0 aliphatic rings. The lowest BCUT2D eigenvalue weighted by atomic mass is 9.93. The van der Waals surface area contributed by atoms with Crippen LogP contribution >= 0.6 is 0 Å². The molecule has 0 fully saturated rings. The van der Waals surface area contributed by atoms with Crippen LogP contribution in [0.5, 0.6) is 5.75 Å². The summed E-state index contributed by atoms with van der Waals surface area (Å²) in [6.07, 6.45) is 2.25. The molecule has 0 amide bonds. The number of benzene rings is 2. The highest BCUT2D eigenvalue weighted by atomic mass is 16.5. The minimum atomic E-state index is -0.748. The van der Waals surface area contributed by atoms with E-state index in [1.165, 1.54) is 0 Å². The first-order valence-corrected chi connectivity index (χ1v) is 7.58. The number of hydrogen-bond donors (Lipinski definition) is 0. The van der Waals surface area contributed by atoms with Crippen molar-refractivity contribution in [1.82, 2.24) is 0 Å². The molecule has 2 aromatic carbocycles. The summed E-state index contributed by atoms with van der Waals surface area (Å²) in [6, 6.07) is 17.8. The van der Waals surface area contributed by atoms with Crippen molar-refractivity contribution < 1.29 is 14.3 Å². The third-order valence-electron chi connectivity index (χ3n) is 3.47. The standard InChI is InChI=1S/C19H20O3/c1-2-3-14-17(18(20)15-10-6-4-7-11-15)19(21)22-16-12-8-5-9-13-16/h4-13,17H,2-3,14H2,1H3. The molecule has 0 saturated heterocycles. The van der Waals surface area contributed by atoms with Crippen LogP contribution in [0.2, 0.25) is 0 Å². The summed E-state index contributed by atoms with van der Waals surface area (Å²) in [6.45, 7) is 2.03. The molecule has 0 bridgehead atoms. The zero-order chi connectivity index (χ0) is 15.8. The van der Waals surface area contributed by atoms with Crippen LogP contribution in [0, 0.1) is 5.92 Å². The second-order valence-corrected chi connectivity index (χ2v) is 5.16. The van der Waals surface area contributed by atoms with Gasteiger partial charge in [0.05, 0.1) is 0 Å². The first-order valence-electron chi connectivity index (χ1n) is 7.58. The van der Waals surface area contributed by atoms with Crippen molar-refractivity contribution in [3.63, 3.8) is 0 Å². The molecule has 0 aromatic heterocycles. The van der Waals surface area contributed by atoms with Gasteiger partial charge in [0.1, 0.15) is 11.7 Å². The van der Waals surface area contributed by atoms with E-state index in [4.69, 9.17) is 4.74 Å². The fourth-order valence-electron chi connectivity index (χ4n) is 2.24. The van der Waals surface area contributed by atoms with Crippen molar-refractivity contribution in [3.8, 4) is 5.75 Å². The predicted molar refractivity (Wildman–Crippen MR) is 85.9 cm³/mol. The predicted octanol–water partition coefficient (Wildman–Crippen LogP) is 4.28. The molecule has 0 aliphatic heterocycles. The van der Waals surface area contributed by atoms with Crippen LogP contribution in [-0.2, 0) is 4.79 Å². The molecule has 2 aromatic rings. The van der Waals surface area contributed by atoms with Gasteiger partial charge in [0, 0.05) is 5.56 Å². The Balaban J connectivity index is 2.14. The monoisotopic (exact) mass is 296 g/mol. The van der Waals surface area contributed by atoms with Gasteiger partial charge in [-0.05, 0) is 18.6 Å². The molecular weight excluding hydrogens is 276 g/mol. The Morgan fingerprint density at radius 2 is 1.55 bits per heavy atom. The summed E-state index contributed by atoms with van der Waals surface area (Å²) >= 11 is 0. The number of ether oxygens (including phenoxy) is 1. The molecule has 0 saturated carbocycles. The smallest absolute Gasteiger partial charge is 0.322 e. The lowest BCUT2D eigenvalue weighted by Crippen LogP contribution is -2.28. The number of hydrogen-bond acceptors (Lipinski definition) is 3. The Morgan fingerprint density at radius 1 is 0.955 bits per heavy atom. The molecule has 3 heteroatoms. The second kappa shape index (κ2) is 8.13. The van der Waals surface area contributed by atoms with E-state index in [1.54, 1.807) is 48.5 Å². The van der Waals surface area contributed by atoms with Crippen molar-refractivity contribution >= 4 is 11.8 Å². The lowest BCUT2D eigenvalue weighted by molar-refractivity contribution is -0.137. The molecule has 1 unspecified atom stereocenters. The van der Waals surface area contributed by atoms with E-state index >= 15 is 0 Å². The van der Waals surface area contributed by atoms with Crippen molar-refractivity contribution in [1.29, 1.82) is 0 Å². The number of carbonyl (C=O) groups is 2. The summed E-state index contributed by atoms with van der Waals surface area (Å²) in [7, 11) is 0. The maximum atomic E-state index is 12.6. The van der Waals surface area contributed by atoms with Gasteiger partial charge in [-0.25, -0.2) is 0 Å². The van der Waals surface area contributed by atoms with Gasteiger partial charge in [-0.2, -0.15) is 0 Å². The van der Waals surface area contributed by atoms with Gasteiger partial charge < -0.3 is 4.74 Å². The number of unbranched alkanes of at least 4 members (excludes halogenated alkanes) is 1. The Morgan fingerprint density at radius 3 is 2.14 bits per heavy atom. The Kier molecular flexibility index (Phi) is 5.90. The first kappa shape index (κ1) is 16.0. The van der Waals surface area contributed by atoms with Crippen molar-refractivity contribution in [3.05, 3.63) is 66.2 Å². The van der Waals surface area contributed by atoms with Gasteiger partial charge >= 0.3 is 5.97 Å². The molecule has 0 aliphatic carbocycles. The Hall–Kier alpha value is -2.42. The highest BCUT2D eigenvalue weighted by molar-refractivity contribution is 6.09. The largest absolute Gasteiger partial charge is 0.426 e. The van der Waals surface area contributed by atoms with Crippen molar-refractivity contribution in [2.45, 2.75) is 26.2 Å². The number of esters is 1. The van der Waals surface area contributed by atoms with Crippen molar-refractivity contribution in [2.75, 3.05) is 0 Å². The summed E-state index contributed by atoms with van der Waals surface area (Å²) in [5, 5.41) is 0. The van der Waals surface area contributed by atoms with Crippen LogP contribution in [0.15, 0.2) is 60.7 Å². The van der Waals surface area contributed by atoms with Crippen LogP contribution in [0.1, 0.15) is 36.5 Å².